The van der Waals surface area contributed by atoms with Crippen LogP contribution in [0.4, 0.5) is 0 Å². The first-order valence-corrected chi connectivity index (χ1v) is 5.69. The molecule has 0 radical (unpaired) electrons. The van der Waals surface area contributed by atoms with E-state index in [2.05, 4.69) is 19.9 Å². The number of fused-ring (bicyclic) bond motifs is 5. The second-order valence-electron chi connectivity index (χ2n) is 3.59. The van der Waals surface area contributed by atoms with Gasteiger partial charge in [0.15, 0.2) is 0 Å². The lowest BCUT2D eigenvalue weighted by molar-refractivity contribution is 1.24. The lowest BCUT2D eigenvalue weighted by Crippen LogP contribution is -1.75. The SMILES string of the molecule is c1cc2c(cn1)[nH]c1sc3ncncc3c12. The number of hydrogen-bond donors (Lipinski definition) is 1. The van der Waals surface area contributed by atoms with Gasteiger partial charge >= 0.3 is 0 Å². The van der Waals surface area contributed by atoms with Crippen LogP contribution in [0.5, 0.6) is 0 Å². The molecular formula is C11H6N4S. The van der Waals surface area contributed by atoms with Crippen molar-refractivity contribution in [3.63, 3.8) is 0 Å². The highest BCUT2D eigenvalue weighted by molar-refractivity contribution is 7.25. The molecule has 0 saturated heterocycles. The molecular weight excluding hydrogens is 220 g/mol. The first-order valence-electron chi connectivity index (χ1n) is 4.87. The molecule has 4 heterocycles. The number of aromatic amines is 1. The minimum Gasteiger partial charge on any atom is -0.345 e. The van der Waals surface area contributed by atoms with Crippen molar-refractivity contribution in [3.05, 3.63) is 31.0 Å². The van der Waals surface area contributed by atoms with Crippen LogP contribution in [-0.2, 0) is 0 Å². The molecule has 0 saturated carbocycles. The second-order valence-corrected chi connectivity index (χ2v) is 4.59. The normalized spacial score (nSPS) is 11.8. The van der Waals surface area contributed by atoms with Crippen molar-refractivity contribution in [3.8, 4) is 0 Å². The molecule has 0 atom stereocenters. The molecule has 0 unspecified atom stereocenters. The Kier molecular flexibility index (Phi) is 1.41. The van der Waals surface area contributed by atoms with Crippen molar-refractivity contribution in [2.24, 2.45) is 0 Å². The third-order valence-electron chi connectivity index (χ3n) is 2.71. The van der Waals surface area contributed by atoms with E-state index in [-0.39, 0.29) is 0 Å². The summed E-state index contributed by atoms with van der Waals surface area (Å²) in [4.78, 5) is 18.0. The summed E-state index contributed by atoms with van der Waals surface area (Å²) < 4.78 is 0. The van der Waals surface area contributed by atoms with Crippen LogP contribution in [0.1, 0.15) is 0 Å². The predicted molar refractivity (Wildman–Crippen MR) is 64.6 cm³/mol. The lowest BCUT2D eigenvalue weighted by atomic mass is 10.2. The largest absolute Gasteiger partial charge is 0.345 e. The lowest BCUT2D eigenvalue weighted by Gasteiger charge is -1.89. The van der Waals surface area contributed by atoms with Crippen LogP contribution in [0, 0.1) is 0 Å². The number of nitrogens with zero attached hydrogens (tertiary/aromatic N) is 3. The van der Waals surface area contributed by atoms with Gasteiger partial charge in [0.1, 0.15) is 16.0 Å². The van der Waals surface area contributed by atoms with E-state index in [1.54, 1.807) is 17.7 Å². The summed E-state index contributed by atoms with van der Waals surface area (Å²) >= 11 is 1.65. The molecule has 0 aromatic carbocycles. The maximum absolute atomic E-state index is 4.27. The average Bonchev–Trinajstić information content (AvgIpc) is 2.83. The number of rotatable bonds is 0. The van der Waals surface area contributed by atoms with Crippen LogP contribution in [0.15, 0.2) is 31.0 Å². The zero-order valence-corrected chi connectivity index (χ0v) is 8.95. The zero-order valence-electron chi connectivity index (χ0n) is 8.14. The zero-order chi connectivity index (χ0) is 10.5. The highest BCUT2D eigenvalue weighted by Gasteiger charge is 2.11. The van der Waals surface area contributed by atoms with Crippen LogP contribution in [0.2, 0.25) is 0 Å². The monoisotopic (exact) mass is 226 g/mol. The summed E-state index contributed by atoms with van der Waals surface area (Å²) in [6.07, 6.45) is 7.11. The number of hydrogen-bond acceptors (Lipinski definition) is 4. The molecule has 0 spiro atoms. The fourth-order valence-electron chi connectivity index (χ4n) is 2.03. The molecule has 5 heteroatoms. The molecule has 0 aliphatic heterocycles. The summed E-state index contributed by atoms with van der Waals surface area (Å²) in [5.41, 5.74) is 1.06. The van der Waals surface area contributed by atoms with E-state index in [0.717, 1.165) is 20.6 Å². The fourth-order valence-corrected chi connectivity index (χ4v) is 3.07. The molecule has 0 aliphatic carbocycles. The van der Waals surface area contributed by atoms with E-state index in [9.17, 15) is 0 Å². The van der Waals surface area contributed by atoms with E-state index in [1.165, 1.54) is 10.8 Å². The Hall–Kier alpha value is -2.01. The first kappa shape index (κ1) is 8.18. The second kappa shape index (κ2) is 2.76. The van der Waals surface area contributed by atoms with Gasteiger partial charge in [0.25, 0.3) is 0 Å². The van der Waals surface area contributed by atoms with E-state index in [1.807, 2.05) is 24.7 Å². The Morgan fingerprint density at radius 3 is 3.12 bits per heavy atom. The molecule has 0 fully saturated rings. The van der Waals surface area contributed by atoms with Crippen LogP contribution in [-0.4, -0.2) is 19.9 Å². The molecule has 0 bridgehead atoms. The summed E-state index contributed by atoms with van der Waals surface area (Å²) in [5.74, 6) is 0. The third-order valence-corrected chi connectivity index (χ3v) is 3.74. The van der Waals surface area contributed by atoms with E-state index < -0.39 is 0 Å². The maximum Gasteiger partial charge on any atom is 0.129 e. The van der Waals surface area contributed by atoms with Gasteiger partial charge < -0.3 is 4.98 Å². The van der Waals surface area contributed by atoms with Crippen LogP contribution >= 0.6 is 11.3 Å². The molecule has 1 N–H and O–H groups in total. The standard InChI is InChI=1S/C11H6N4S/c1-2-12-4-8-6(1)9-7-3-13-5-14-10(7)16-11(9)15-8/h1-5,15H. The van der Waals surface area contributed by atoms with Crippen molar-refractivity contribution in [1.29, 1.82) is 0 Å². The van der Waals surface area contributed by atoms with Gasteiger partial charge in [0.2, 0.25) is 0 Å². The van der Waals surface area contributed by atoms with Crippen LogP contribution in [0.3, 0.4) is 0 Å². The number of H-pyrrole nitrogens is 1. The summed E-state index contributed by atoms with van der Waals surface area (Å²) in [6.45, 7) is 0. The van der Waals surface area contributed by atoms with Crippen LogP contribution < -0.4 is 0 Å². The van der Waals surface area contributed by atoms with Gasteiger partial charge in [0, 0.05) is 28.6 Å². The van der Waals surface area contributed by atoms with Crippen molar-refractivity contribution in [1.82, 2.24) is 19.9 Å². The Morgan fingerprint density at radius 1 is 1.12 bits per heavy atom. The Bertz CT molecular complexity index is 749. The summed E-state index contributed by atoms with van der Waals surface area (Å²) in [6, 6.07) is 2.02. The molecule has 4 aromatic heterocycles. The van der Waals surface area contributed by atoms with Gasteiger partial charge in [-0.2, -0.15) is 0 Å². The van der Waals surface area contributed by atoms with Gasteiger partial charge in [-0.15, -0.1) is 0 Å². The molecule has 0 aliphatic rings. The molecule has 4 nitrogen and oxygen atoms in total. The van der Waals surface area contributed by atoms with Crippen LogP contribution in [0.25, 0.3) is 31.3 Å². The minimum absolute atomic E-state index is 1.02. The van der Waals surface area contributed by atoms with Crippen molar-refractivity contribution in [2.45, 2.75) is 0 Å². The summed E-state index contributed by atoms with van der Waals surface area (Å²) in [7, 11) is 0. The average molecular weight is 226 g/mol. The van der Waals surface area contributed by atoms with Gasteiger partial charge in [-0.25, -0.2) is 9.97 Å². The van der Waals surface area contributed by atoms with E-state index in [0.29, 0.717) is 0 Å². The molecule has 4 rings (SSSR count). The minimum atomic E-state index is 1.02. The summed E-state index contributed by atoms with van der Waals surface area (Å²) in [5, 5.41) is 3.50. The molecule has 16 heavy (non-hydrogen) atoms. The third kappa shape index (κ3) is 0.906. The van der Waals surface area contributed by atoms with Crippen molar-refractivity contribution < 1.29 is 0 Å². The number of nitrogens with one attached hydrogen (secondary N) is 1. The topological polar surface area (TPSA) is 54.5 Å². The highest BCUT2D eigenvalue weighted by Crippen LogP contribution is 2.36. The quantitative estimate of drug-likeness (QED) is 0.501. The van der Waals surface area contributed by atoms with Crippen molar-refractivity contribution in [2.75, 3.05) is 0 Å². The Morgan fingerprint density at radius 2 is 2.12 bits per heavy atom. The van der Waals surface area contributed by atoms with E-state index >= 15 is 0 Å². The highest BCUT2D eigenvalue weighted by atomic mass is 32.1. The van der Waals surface area contributed by atoms with Crippen molar-refractivity contribution >= 4 is 42.7 Å². The maximum atomic E-state index is 4.27. The Labute approximate surface area is 94.0 Å². The van der Waals surface area contributed by atoms with Gasteiger partial charge in [-0.05, 0) is 6.07 Å². The van der Waals surface area contributed by atoms with Gasteiger partial charge in [0.05, 0.1) is 11.7 Å². The van der Waals surface area contributed by atoms with E-state index in [4.69, 9.17) is 0 Å². The van der Waals surface area contributed by atoms with Gasteiger partial charge in [-0.1, -0.05) is 11.3 Å². The first-order chi connectivity index (χ1) is 7.93. The number of aromatic nitrogens is 4. The molecule has 4 aromatic rings. The Balaban J connectivity index is 2.38. The smallest absolute Gasteiger partial charge is 0.129 e. The van der Waals surface area contributed by atoms with Gasteiger partial charge in [-0.3, -0.25) is 4.98 Å². The number of thiophene rings is 1. The predicted octanol–water partition coefficient (Wildman–Crippen LogP) is 2.72. The molecule has 76 valence electrons. The molecule has 0 amide bonds. The number of pyridine rings is 1. The fraction of sp³-hybridized carbons (Fsp3) is 0.